The van der Waals surface area contributed by atoms with Gasteiger partial charge in [0.1, 0.15) is 10.6 Å². The summed E-state index contributed by atoms with van der Waals surface area (Å²) in [5.41, 5.74) is 2.56. The third-order valence-electron chi connectivity index (χ3n) is 5.08. The Morgan fingerprint density at radius 3 is 2.42 bits per heavy atom. The van der Waals surface area contributed by atoms with Crippen molar-refractivity contribution >= 4 is 51.6 Å². The van der Waals surface area contributed by atoms with Crippen LogP contribution in [0.3, 0.4) is 0 Å². The Bertz CT molecular complexity index is 1220. The third-order valence-corrected chi connectivity index (χ3v) is 7.07. The summed E-state index contributed by atoms with van der Waals surface area (Å²) >= 11 is 2.68. The van der Waals surface area contributed by atoms with Crippen molar-refractivity contribution in [2.24, 2.45) is 5.41 Å². The average molecular weight is 525 g/mol. The van der Waals surface area contributed by atoms with Gasteiger partial charge in [-0.3, -0.25) is 9.59 Å². The van der Waals surface area contributed by atoms with E-state index < -0.39 is 11.2 Å². The van der Waals surface area contributed by atoms with Crippen LogP contribution in [0.15, 0.2) is 64.9 Å². The van der Waals surface area contributed by atoms with Crippen molar-refractivity contribution in [3.05, 3.63) is 65.5 Å². The molecule has 1 atom stereocenters. The lowest BCUT2D eigenvalue weighted by molar-refractivity contribution is -0.118. The van der Waals surface area contributed by atoms with Gasteiger partial charge in [-0.25, -0.2) is 4.79 Å². The Morgan fingerprint density at radius 2 is 1.75 bits per heavy atom. The van der Waals surface area contributed by atoms with Crippen molar-refractivity contribution in [2.45, 2.75) is 51.2 Å². The molecule has 0 saturated carbocycles. The molecule has 0 bridgehead atoms. The van der Waals surface area contributed by atoms with Crippen molar-refractivity contribution < 1.29 is 19.1 Å². The zero-order valence-corrected chi connectivity index (χ0v) is 22.8. The fourth-order valence-corrected chi connectivity index (χ4v) is 5.38. The van der Waals surface area contributed by atoms with Crippen molar-refractivity contribution in [1.82, 2.24) is 0 Å². The first-order valence-electron chi connectivity index (χ1n) is 11.8. The quantitative estimate of drug-likeness (QED) is 0.231. The molecular weight excluding hydrogens is 492 g/mol. The minimum atomic E-state index is -0.466. The fraction of sp³-hybridized carbons (Fsp3) is 0.321. The Labute approximate surface area is 220 Å². The molecule has 0 saturated heterocycles. The van der Waals surface area contributed by atoms with Gasteiger partial charge in [-0.15, -0.1) is 23.1 Å². The van der Waals surface area contributed by atoms with Crippen molar-refractivity contribution in [2.75, 3.05) is 17.2 Å². The second-order valence-corrected chi connectivity index (χ2v) is 11.8. The normalized spacial score (nSPS) is 12.0. The fourth-order valence-electron chi connectivity index (χ4n) is 3.49. The Morgan fingerprint density at radius 1 is 1.03 bits per heavy atom. The molecule has 36 heavy (non-hydrogen) atoms. The maximum atomic E-state index is 13.1. The molecule has 0 aliphatic rings. The van der Waals surface area contributed by atoms with E-state index in [1.54, 1.807) is 13.8 Å². The highest BCUT2D eigenvalue weighted by Crippen LogP contribution is 2.37. The van der Waals surface area contributed by atoms with Crippen molar-refractivity contribution in [3.8, 4) is 11.1 Å². The molecular formula is C28H32N2O4S2. The van der Waals surface area contributed by atoms with Crippen LogP contribution in [0.2, 0.25) is 0 Å². The largest absolute Gasteiger partial charge is 0.462 e. The minimum absolute atomic E-state index is 0.0474. The standard InChI is InChI=1S/C28H32N2O4S2/c1-6-34-27(33)24-22(19-11-8-7-9-12-19)17-35-26(24)30-25(32)18(2)36-21-14-10-13-20(15-21)29-23(31)16-28(3,4)5/h7-15,17-18H,6,16H2,1-5H3,(H,29,31)(H,30,32). The SMILES string of the molecule is CCOC(=O)c1c(-c2ccccc2)csc1NC(=O)C(C)Sc1cccc(NC(=O)CC(C)(C)C)c1. The second-order valence-electron chi connectivity index (χ2n) is 9.50. The molecule has 0 aliphatic carbocycles. The van der Waals surface area contributed by atoms with E-state index in [9.17, 15) is 14.4 Å². The predicted octanol–water partition coefficient (Wildman–Crippen LogP) is 7.09. The molecule has 1 aromatic heterocycles. The number of thiophene rings is 1. The average Bonchev–Trinajstić information content (AvgIpc) is 3.22. The van der Waals surface area contributed by atoms with E-state index in [-0.39, 0.29) is 23.8 Å². The number of benzene rings is 2. The molecule has 6 nitrogen and oxygen atoms in total. The Kier molecular flexibility index (Phi) is 9.34. The highest BCUT2D eigenvalue weighted by Gasteiger charge is 2.24. The van der Waals surface area contributed by atoms with E-state index in [2.05, 4.69) is 10.6 Å². The van der Waals surface area contributed by atoms with Gasteiger partial charge < -0.3 is 15.4 Å². The van der Waals surface area contributed by atoms with Gasteiger partial charge in [0.25, 0.3) is 0 Å². The van der Waals surface area contributed by atoms with Gasteiger partial charge in [0.15, 0.2) is 0 Å². The number of amides is 2. The molecule has 0 spiro atoms. The summed E-state index contributed by atoms with van der Waals surface area (Å²) in [4.78, 5) is 39.0. The molecule has 2 amide bonds. The van der Waals surface area contributed by atoms with Gasteiger partial charge in [0, 0.05) is 27.9 Å². The van der Waals surface area contributed by atoms with Crippen LogP contribution in [0, 0.1) is 5.41 Å². The number of anilines is 2. The molecule has 8 heteroatoms. The Balaban J connectivity index is 1.72. The zero-order chi connectivity index (χ0) is 26.3. The lowest BCUT2D eigenvalue weighted by Crippen LogP contribution is -2.23. The molecule has 190 valence electrons. The highest BCUT2D eigenvalue weighted by molar-refractivity contribution is 8.00. The molecule has 0 aliphatic heterocycles. The van der Waals surface area contributed by atoms with Crippen molar-refractivity contribution in [1.29, 1.82) is 0 Å². The van der Waals surface area contributed by atoms with Gasteiger partial charge in [-0.1, -0.05) is 57.2 Å². The summed E-state index contributed by atoms with van der Waals surface area (Å²) < 4.78 is 5.28. The summed E-state index contributed by atoms with van der Waals surface area (Å²) in [5, 5.41) is 7.73. The summed E-state index contributed by atoms with van der Waals surface area (Å²) in [6.07, 6.45) is 0.414. The molecule has 3 rings (SSSR count). The molecule has 1 heterocycles. The van der Waals surface area contributed by atoms with E-state index in [1.165, 1.54) is 23.1 Å². The van der Waals surface area contributed by atoms with Crippen LogP contribution >= 0.6 is 23.1 Å². The lowest BCUT2D eigenvalue weighted by Gasteiger charge is -2.17. The van der Waals surface area contributed by atoms with Gasteiger partial charge >= 0.3 is 5.97 Å². The van der Waals surface area contributed by atoms with Crippen LogP contribution in [0.25, 0.3) is 11.1 Å². The number of hydrogen-bond donors (Lipinski definition) is 2. The molecule has 2 aromatic carbocycles. The van der Waals surface area contributed by atoms with Gasteiger partial charge in [0.05, 0.1) is 11.9 Å². The van der Waals surface area contributed by atoms with Crippen LogP contribution < -0.4 is 10.6 Å². The van der Waals surface area contributed by atoms with E-state index in [0.29, 0.717) is 22.7 Å². The molecule has 2 N–H and O–H groups in total. The highest BCUT2D eigenvalue weighted by atomic mass is 32.2. The van der Waals surface area contributed by atoms with E-state index in [0.717, 1.165) is 16.0 Å². The second kappa shape index (κ2) is 12.2. The zero-order valence-electron chi connectivity index (χ0n) is 21.2. The minimum Gasteiger partial charge on any atom is -0.462 e. The number of carbonyl (C=O) groups is 3. The number of thioether (sulfide) groups is 1. The van der Waals surface area contributed by atoms with Crippen LogP contribution in [0.4, 0.5) is 10.7 Å². The van der Waals surface area contributed by atoms with Crippen LogP contribution in [0.1, 0.15) is 51.4 Å². The first-order chi connectivity index (χ1) is 17.1. The van der Waals surface area contributed by atoms with E-state index in [1.807, 2.05) is 80.7 Å². The van der Waals surface area contributed by atoms with Gasteiger partial charge in [-0.05, 0) is 43.0 Å². The van der Waals surface area contributed by atoms with Crippen LogP contribution in [-0.4, -0.2) is 29.6 Å². The molecule has 3 aromatic rings. The maximum absolute atomic E-state index is 13.1. The number of esters is 1. The topological polar surface area (TPSA) is 84.5 Å². The van der Waals surface area contributed by atoms with Gasteiger partial charge in [0.2, 0.25) is 11.8 Å². The summed E-state index contributed by atoms with van der Waals surface area (Å²) in [6, 6.07) is 17.0. The predicted molar refractivity (Wildman–Crippen MR) is 149 cm³/mol. The number of hydrogen-bond acceptors (Lipinski definition) is 6. The number of carbonyl (C=O) groups excluding carboxylic acids is 3. The summed E-state index contributed by atoms with van der Waals surface area (Å²) in [5.74, 6) is -0.741. The van der Waals surface area contributed by atoms with Crippen LogP contribution in [0.5, 0.6) is 0 Å². The first kappa shape index (κ1) is 27.5. The van der Waals surface area contributed by atoms with E-state index >= 15 is 0 Å². The third kappa shape index (κ3) is 7.70. The Hall–Kier alpha value is -3.10. The lowest BCUT2D eigenvalue weighted by atomic mass is 9.92. The number of ether oxygens (including phenoxy) is 1. The van der Waals surface area contributed by atoms with Crippen molar-refractivity contribution in [3.63, 3.8) is 0 Å². The monoisotopic (exact) mass is 524 g/mol. The van der Waals surface area contributed by atoms with E-state index in [4.69, 9.17) is 4.74 Å². The molecule has 0 radical (unpaired) electrons. The van der Waals surface area contributed by atoms with Gasteiger partial charge in [-0.2, -0.15) is 0 Å². The number of rotatable bonds is 9. The maximum Gasteiger partial charge on any atom is 0.341 e. The number of nitrogens with one attached hydrogen (secondary N) is 2. The van der Waals surface area contributed by atoms with Crippen LogP contribution in [-0.2, 0) is 14.3 Å². The molecule has 0 fully saturated rings. The summed E-state index contributed by atoms with van der Waals surface area (Å²) in [7, 11) is 0. The smallest absolute Gasteiger partial charge is 0.341 e. The first-order valence-corrected chi connectivity index (χ1v) is 13.5. The summed E-state index contributed by atoms with van der Waals surface area (Å²) in [6.45, 7) is 9.85. The molecule has 1 unspecified atom stereocenters.